The van der Waals surface area contributed by atoms with Crippen LogP contribution in [0.2, 0.25) is 0 Å². The van der Waals surface area contributed by atoms with E-state index in [0.717, 1.165) is 17.1 Å². The van der Waals surface area contributed by atoms with Gasteiger partial charge in [-0.15, -0.1) is 11.3 Å². The molecule has 4 heteroatoms. The Morgan fingerprint density at radius 3 is 2.87 bits per heavy atom. The van der Waals surface area contributed by atoms with Gasteiger partial charge < -0.3 is 5.32 Å². The number of thiazole rings is 1. The molecule has 0 unspecified atom stereocenters. The van der Waals surface area contributed by atoms with Crippen molar-refractivity contribution in [3.8, 4) is 0 Å². The summed E-state index contributed by atoms with van der Waals surface area (Å²) in [6.45, 7) is 6.82. The van der Waals surface area contributed by atoms with Crippen LogP contribution >= 0.6 is 11.3 Å². The van der Waals surface area contributed by atoms with Crippen molar-refractivity contribution in [3.63, 3.8) is 0 Å². The first kappa shape index (κ1) is 12.2. The van der Waals surface area contributed by atoms with Crippen molar-refractivity contribution < 1.29 is 4.79 Å². The Hall–Kier alpha value is -0.900. The summed E-state index contributed by atoms with van der Waals surface area (Å²) in [6, 6.07) is 0. The van der Waals surface area contributed by atoms with Gasteiger partial charge in [0.25, 0.3) is 0 Å². The Morgan fingerprint density at radius 2 is 2.33 bits per heavy atom. The van der Waals surface area contributed by atoms with E-state index in [-0.39, 0.29) is 5.91 Å². The highest BCUT2D eigenvalue weighted by molar-refractivity contribution is 7.09. The SMILES string of the molecule is CCC(=O)NCCc1nc(C(C)C)cs1. The summed E-state index contributed by atoms with van der Waals surface area (Å²) < 4.78 is 0. The molecular weight excluding hydrogens is 208 g/mol. The minimum Gasteiger partial charge on any atom is -0.356 e. The molecule has 0 radical (unpaired) electrons. The number of aromatic nitrogens is 1. The molecule has 3 nitrogen and oxygen atoms in total. The number of nitrogens with zero attached hydrogens (tertiary/aromatic N) is 1. The Bertz CT molecular complexity index is 320. The van der Waals surface area contributed by atoms with Crippen molar-refractivity contribution in [3.05, 3.63) is 16.1 Å². The lowest BCUT2D eigenvalue weighted by Crippen LogP contribution is -2.24. The maximum atomic E-state index is 11.0. The minimum atomic E-state index is 0.107. The molecule has 0 spiro atoms. The average Bonchev–Trinajstić information content (AvgIpc) is 2.66. The molecule has 0 aliphatic rings. The Morgan fingerprint density at radius 1 is 1.60 bits per heavy atom. The van der Waals surface area contributed by atoms with Crippen LogP contribution in [-0.2, 0) is 11.2 Å². The number of amides is 1. The molecule has 0 bridgehead atoms. The van der Waals surface area contributed by atoms with E-state index in [1.165, 1.54) is 0 Å². The minimum absolute atomic E-state index is 0.107. The van der Waals surface area contributed by atoms with Crippen molar-refractivity contribution >= 4 is 17.2 Å². The molecule has 1 heterocycles. The van der Waals surface area contributed by atoms with Gasteiger partial charge in [0.2, 0.25) is 5.91 Å². The van der Waals surface area contributed by atoms with Crippen molar-refractivity contribution in [1.82, 2.24) is 10.3 Å². The summed E-state index contributed by atoms with van der Waals surface area (Å²) in [6.07, 6.45) is 1.39. The van der Waals surface area contributed by atoms with E-state index < -0.39 is 0 Å². The summed E-state index contributed by atoms with van der Waals surface area (Å²) in [4.78, 5) is 15.5. The van der Waals surface area contributed by atoms with Gasteiger partial charge in [-0.2, -0.15) is 0 Å². The lowest BCUT2D eigenvalue weighted by atomic mass is 10.2. The lowest BCUT2D eigenvalue weighted by Gasteiger charge is -2.01. The van der Waals surface area contributed by atoms with Crippen LogP contribution in [0.1, 0.15) is 43.8 Å². The van der Waals surface area contributed by atoms with Crippen LogP contribution in [0, 0.1) is 0 Å². The topological polar surface area (TPSA) is 42.0 Å². The van der Waals surface area contributed by atoms with E-state index in [4.69, 9.17) is 0 Å². The third kappa shape index (κ3) is 4.00. The number of rotatable bonds is 5. The van der Waals surface area contributed by atoms with Crippen molar-refractivity contribution in [2.45, 2.75) is 39.5 Å². The fourth-order valence-electron chi connectivity index (χ4n) is 1.14. The number of hydrogen-bond donors (Lipinski definition) is 1. The third-order valence-electron chi connectivity index (χ3n) is 2.14. The number of carbonyl (C=O) groups excluding carboxylic acids is 1. The molecule has 0 atom stereocenters. The molecule has 1 amide bonds. The molecule has 1 aromatic rings. The average molecular weight is 226 g/mol. The molecule has 1 aromatic heterocycles. The maximum absolute atomic E-state index is 11.0. The predicted molar refractivity (Wildman–Crippen MR) is 63.2 cm³/mol. The molecular formula is C11H18N2OS. The van der Waals surface area contributed by atoms with Gasteiger partial charge in [0.15, 0.2) is 0 Å². The summed E-state index contributed by atoms with van der Waals surface area (Å²) >= 11 is 1.67. The van der Waals surface area contributed by atoms with Crippen molar-refractivity contribution in [2.24, 2.45) is 0 Å². The molecule has 0 aromatic carbocycles. The van der Waals surface area contributed by atoms with E-state index in [2.05, 4.69) is 29.5 Å². The quantitative estimate of drug-likeness (QED) is 0.837. The van der Waals surface area contributed by atoms with E-state index in [0.29, 0.717) is 18.9 Å². The van der Waals surface area contributed by atoms with E-state index in [1.54, 1.807) is 11.3 Å². The van der Waals surface area contributed by atoms with Gasteiger partial charge in [-0.25, -0.2) is 4.98 Å². The second-order valence-corrected chi connectivity index (χ2v) is 4.72. The van der Waals surface area contributed by atoms with Gasteiger partial charge in [0, 0.05) is 24.8 Å². The molecule has 0 aliphatic carbocycles. The van der Waals surface area contributed by atoms with Crippen molar-refractivity contribution in [1.29, 1.82) is 0 Å². The molecule has 15 heavy (non-hydrogen) atoms. The van der Waals surface area contributed by atoms with Gasteiger partial charge in [-0.1, -0.05) is 20.8 Å². The van der Waals surface area contributed by atoms with Crippen LogP contribution in [0.3, 0.4) is 0 Å². The summed E-state index contributed by atoms with van der Waals surface area (Å²) in [7, 11) is 0. The van der Waals surface area contributed by atoms with Crippen molar-refractivity contribution in [2.75, 3.05) is 6.54 Å². The zero-order valence-electron chi connectivity index (χ0n) is 9.54. The fraction of sp³-hybridized carbons (Fsp3) is 0.636. The normalized spacial score (nSPS) is 10.7. The maximum Gasteiger partial charge on any atom is 0.219 e. The molecule has 0 saturated carbocycles. The highest BCUT2D eigenvalue weighted by Crippen LogP contribution is 2.17. The van der Waals surface area contributed by atoms with Gasteiger partial charge in [0.1, 0.15) is 0 Å². The van der Waals surface area contributed by atoms with Crippen LogP contribution < -0.4 is 5.32 Å². The molecule has 0 saturated heterocycles. The first-order valence-corrected chi connectivity index (χ1v) is 6.22. The standard InChI is InChI=1S/C11H18N2OS/c1-4-10(14)12-6-5-11-13-9(7-15-11)8(2)3/h7-8H,4-6H2,1-3H3,(H,12,14). The highest BCUT2D eigenvalue weighted by Gasteiger charge is 2.05. The van der Waals surface area contributed by atoms with E-state index in [1.807, 2.05) is 6.92 Å². The fourth-order valence-corrected chi connectivity index (χ4v) is 2.10. The summed E-state index contributed by atoms with van der Waals surface area (Å²) in [5.41, 5.74) is 1.15. The van der Waals surface area contributed by atoms with Crippen LogP contribution in [0.25, 0.3) is 0 Å². The number of hydrogen-bond acceptors (Lipinski definition) is 3. The second kappa shape index (κ2) is 5.85. The zero-order valence-corrected chi connectivity index (χ0v) is 10.4. The third-order valence-corrected chi connectivity index (χ3v) is 3.07. The zero-order chi connectivity index (χ0) is 11.3. The van der Waals surface area contributed by atoms with Gasteiger partial charge >= 0.3 is 0 Å². The number of carbonyl (C=O) groups is 1. The van der Waals surface area contributed by atoms with Gasteiger partial charge in [-0.3, -0.25) is 4.79 Å². The van der Waals surface area contributed by atoms with Gasteiger partial charge in [-0.05, 0) is 5.92 Å². The monoisotopic (exact) mass is 226 g/mol. The molecule has 1 rings (SSSR count). The Labute approximate surface area is 94.9 Å². The summed E-state index contributed by atoms with van der Waals surface area (Å²) in [5, 5.41) is 6.05. The first-order valence-electron chi connectivity index (χ1n) is 5.34. The van der Waals surface area contributed by atoms with E-state index in [9.17, 15) is 4.79 Å². The number of nitrogens with one attached hydrogen (secondary N) is 1. The molecule has 0 aliphatic heterocycles. The predicted octanol–water partition coefficient (Wildman–Crippen LogP) is 2.34. The largest absolute Gasteiger partial charge is 0.356 e. The summed E-state index contributed by atoms with van der Waals surface area (Å²) in [5.74, 6) is 0.593. The lowest BCUT2D eigenvalue weighted by molar-refractivity contribution is -0.120. The first-order chi connectivity index (χ1) is 7.13. The highest BCUT2D eigenvalue weighted by atomic mass is 32.1. The smallest absolute Gasteiger partial charge is 0.219 e. The van der Waals surface area contributed by atoms with Crippen LogP contribution in [0.5, 0.6) is 0 Å². The second-order valence-electron chi connectivity index (χ2n) is 3.77. The van der Waals surface area contributed by atoms with Gasteiger partial charge in [0.05, 0.1) is 10.7 Å². The van der Waals surface area contributed by atoms with Crippen LogP contribution in [0.15, 0.2) is 5.38 Å². The van der Waals surface area contributed by atoms with E-state index >= 15 is 0 Å². The molecule has 1 N–H and O–H groups in total. The molecule has 0 fully saturated rings. The van der Waals surface area contributed by atoms with Crippen LogP contribution in [-0.4, -0.2) is 17.4 Å². The molecule has 84 valence electrons. The Balaban J connectivity index is 2.34. The van der Waals surface area contributed by atoms with Crippen LogP contribution in [0.4, 0.5) is 0 Å². The Kier molecular flexibility index (Phi) is 4.75.